The lowest BCUT2D eigenvalue weighted by atomic mass is 10.0. The summed E-state index contributed by atoms with van der Waals surface area (Å²) >= 11 is 1.57. The second-order valence-electron chi connectivity index (χ2n) is 19.3. The van der Waals surface area contributed by atoms with Crippen LogP contribution in [0.3, 0.4) is 0 Å². The van der Waals surface area contributed by atoms with E-state index < -0.39 is 7.69 Å². The first-order chi connectivity index (χ1) is 36.6. The third-order valence-corrected chi connectivity index (χ3v) is 15.5. The minimum Gasteiger partial charge on any atom is -0.484 e. The van der Waals surface area contributed by atoms with Gasteiger partial charge in [0.1, 0.15) is 11.9 Å². The number of hydrogen-bond acceptors (Lipinski definition) is 12. The number of benzene rings is 3. The zero-order valence-electron chi connectivity index (χ0n) is 42.3. The van der Waals surface area contributed by atoms with Gasteiger partial charge < -0.3 is 49.1 Å². The van der Waals surface area contributed by atoms with E-state index in [0.717, 1.165) is 95.5 Å². The fourth-order valence-corrected chi connectivity index (χ4v) is 11.1. The Morgan fingerprint density at radius 1 is 0.867 bits per heavy atom. The number of fused-ring (bicyclic) bond motifs is 2. The molecule has 386 valence electrons. The zero-order chi connectivity index (χ0) is 51.8. The number of halogens is 1. The van der Waals surface area contributed by atoms with Crippen molar-refractivity contribution >= 4 is 71.8 Å². The molecular formula is C56H61BFN11O5S. The second kappa shape index (κ2) is 23.2. The van der Waals surface area contributed by atoms with E-state index in [2.05, 4.69) is 25.8 Å². The maximum Gasteiger partial charge on any atom is 0.448 e. The van der Waals surface area contributed by atoms with Crippen LogP contribution in [0.25, 0.3) is 16.6 Å². The molecule has 0 bridgehead atoms. The molecule has 75 heavy (non-hydrogen) atoms. The van der Waals surface area contributed by atoms with E-state index in [1.807, 2.05) is 142 Å². The van der Waals surface area contributed by atoms with Crippen LogP contribution in [0.15, 0.2) is 142 Å². The molecule has 5 aromatic rings. The highest BCUT2D eigenvalue weighted by Crippen LogP contribution is 2.32. The molecule has 0 saturated carbocycles. The fourth-order valence-electron chi connectivity index (χ4n) is 10.3. The van der Waals surface area contributed by atoms with Crippen LogP contribution in [-0.4, -0.2) is 146 Å². The number of aliphatic imine (C=N–C) groups is 2. The Labute approximate surface area is 441 Å². The van der Waals surface area contributed by atoms with E-state index in [0.29, 0.717) is 68.0 Å². The van der Waals surface area contributed by atoms with Crippen molar-refractivity contribution < 1.29 is 28.2 Å². The van der Waals surface area contributed by atoms with Gasteiger partial charge in [-0.1, -0.05) is 24.6 Å². The van der Waals surface area contributed by atoms with E-state index in [1.54, 1.807) is 34.0 Å². The minimum atomic E-state index is -0.629. The van der Waals surface area contributed by atoms with E-state index >= 15 is 0 Å². The smallest absolute Gasteiger partial charge is 0.448 e. The fraction of sp³-hybridized carbons (Fsp3) is 0.321. The average Bonchev–Trinajstić information content (AvgIpc) is 4.25. The number of rotatable bonds is 16. The largest absolute Gasteiger partial charge is 0.484 e. The summed E-state index contributed by atoms with van der Waals surface area (Å²) in [7, 11) is 3.08. The lowest BCUT2D eigenvalue weighted by Gasteiger charge is -2.42. The summed E-state index contributed by atoms with van der Waals surface area (Å²) in [6.07, 6.45) is 11.8. The normalized spacial score (nSPS) is 18.4. The van der Waals surface area contributed by atoms with Gasteiger partial charge in [0.2, 0.25) is 11.9 Å². The number of piperidine rings is 1. The van der Waals surface area contributed by atoms with Crippen molar-refractivity contribution in [2.75, 3.05) is 76.7 Å². The summed E-state index contributed by atoms with van der Waals surface area (Å²) in [5.74, 6) is 1.02. The van der Waals surface area contributed by atoms with Crippen LogP contribution in [0.4, 0.5) is 15.7 Å². The average molecular weight is 1030 g/mol. The second-order valence-corrected chi connectivity index (χ2v) is 20.2. The molecule has 1 unspecified atom stereocenters. The highest BCUT2D eigenvalue weighted by atomic mass is 32.1. The Hall–Kier alpha value is -7.77. The third kappa shape index (κ3) is 11.6. The number of carbonyl (C=O) groups excluding carboxylic acids is 4. The molecule has 3 N–H and O–H groups in total. The zero-order valence-corrected chi connectivity index (χ0v) is 43.1. The number of piperazine rings is 1. The molecule has 0 radical (unpaired) electrons. The quantitative estimate of drug-likeness (QED) is 0.0702. The Kier molecular flexibility index (Phi) is 15.7. The molecule has 2 saturated heterocycles. The van der Waals surface area contributed by atoms with Crippen molar-refractivity contribution in [3.05, 3.63) is 155 Å². The molecule has 5 aliphatic rings. The van der Waals surface area contributed by atoms with Gasteiger partial charge in [-0.05, 0) is 128 Å². The van der Waals surface area contributed by atoms with Crippen LogP contribution in [0.1, 0.15) is 70.5 Å². The number of aromatic nitrogens is 1. The number of likely N-dealkylation sites (N-methyl/N-ethyl adjacent to an activating group) is 2. The number of hydrogen-bond donors (Lipinski definition) is 3. The molecule has 5 aliphatic heterocycles. The maximum absolute atomic E-state index is 14.0. The highest BCUT2D eigenvalue weighted by Gasteiger charge is 2.36. The number of likely N-dealkylation sites (tertiary alicyclic amines) is 1. The minimum absolute atomic E-state index is 0.0180. The number of allylic oxidation sites excluding steroid dienone is 2. The third-order valence-electron chi connectivity index (χ3n) is 14.6. The lowest BCUT2D eigenvalue weighted by Crippen LogP contribution is -2.54. The summed E-state index contributed by atoms with van der Waals surface area (Å²) in [6, 6.07) is 30.6. The number of nitrogens with zero attached hydrogens (tertiary/aromatic N) is 8. The Morgan fingerprint density at radius 3 is 2.41 bits per heavy atom. The number of para-hydroxylation sites is 1. The van der Waals surface area contributed by atoms with Gasteiger partial charge in [0.15, 0.2) is 6.61 Å². The van der Waals surface area contributed by atoms with Crippen molar-refractivity contribution in [2.45, 2.75) is 50.7 Å². The summed E-state index contributed by atoms with van der Waals surface area (Å²) in [5.41, 5.74) is 7.62. The molecule has 10 rings (SSSR count). The standard InChI is InChI=1S/C56H61BFN11O5S/c1-64-47-10-6-5-9-45(47)55(73)65(2)49-36-60-56(63-53(49)64)62-40-17-13-39(14-18-40)54(72)68-28-25-42(26-29-68)66-30-32-67(33-31-66)52(71)12-4-3-7-27-59-51(70)37-74-44-21-15-38(16-22-44)46-23-19-41(61-46)35-43-20-24-48(69(43)57-58)50-11-8-34-75-50/h5-6,8-11,13-24,34-36,42,53,57H,3-4,7,12,25-33,37H2,1-2H3,(H,59,70)(H2,60,62,63)/b41-35-. The van der Waals surface area contributed by atoms with Crippen LogP contribution in [-0.2, 0) is 9.59 Å². The lowest BCUT2D eigenvalue weighted by molar-refractivity contribution is -0.133. The number of anilines is 2. The molecule has 4 amide bonds. The molecule has 3 aromatic carbocycles. The number of amides is 4. The van der Waals surface area contributed by atoms with Crippen molar-refractivity contribution in [1.29, 1.82) is 0 Å². The van der Waals surface area contributed by atoms with E-state index in [-0.39, 0.29) is 36.4 Å². The molecule has 19 heteroatoms. The SMILES string of the molecule is CN1C(=O)c2ccccc2N(C)C2NC(Nc3ccc(C(=O)N4CCC(N5CCN(C(=O)CCCCCNC(=O)COc6ccc(C7=N/C(=C\c8ccc(-c9cccs9)n8BF)C=C7)cc6)CC5)CC4)cc3)=NC=C21. The first-order valence-corrected chi connectivity index (χ1v) is 26.6. The van der Waals surface area contributed by atoms with Gasteiger partial charge in [0.05, 0.1) is 34.6 Å². The van der Waals surface area contributed by atoms with Crippen molar-refractivity contribution in [1.82, 2.24) is 34.7 Å². The predicted molar refractivity (Wildman–Crippen MR) is 295 cm³/mol. The van der Waals surface area contributed by atoms with Gasteiger partial charge in [-0.15, -0.1) is 11.3 Å². The van der Waals surface area contributed by atoms with E-state index in [1.165, 1.54) is 0 Å². The summed E-state index contributed by atoms with van der Waals surface area (Å²) < 4.78 is 21.4. The van der Waals surface area contributed by atoms with Crippen LogP contribution in [0.5, 0.6) is 5.75 Å². The number of nitrogens with one attached hydrogen (secondary N) is 3. The molecule has 2 aromatic heterocycles. The molecule has 7 heterocycles. The van der Waals surface area contributed by atoms with Crippen LogP contribution in [0, 0.1) is 0 Å². The van der Waals surface area contributed by atoms with Gasteiger partial charge in [0, 0.05) is 105 Å². The highest BCUT2D eigenvalue weighted by molar-refractivity contribution is 7.13. The molecule has 0 spiro atoms. The first kappa shape index (κ1) is 50.8. The van der Waals surface area contributed by atoms with Gasteiger partial charge in [-0.3, -0.25) is 24.1 Å². The molecule has 2 fully saturated rings. The molecule has 1 atom stereocenters. The van der Waals surface area contributed by atoms with Gasteiger partial charge in [0.25, 0.3) is 17.7 Å². The van der Waals surface area contributed by atoms with E-state index in [9.17, 15) is 23.5 Å². The predicted octanol–water partition coefficient (Wildman–Crippen LogP) is 6.97. The summed E-state index contributed by atoms with van der Waals surface area (Å²) in [4.78, 5) is 72.8. The summed E-state index contributed by atoms with van der Waals surface area (Å²) in [5, 5.41) is 11.7. The van der Waals surface area contributed by atoms with Gasteiger partial charge in [-0.25, -0.2) is 9.98 Å². The Balaban J connectivity index is 0.580. The number of thiophene rings is 1. The first-order valence-electron chi connectivity index (χ1n) is 25.7. The Morgan fingerprint density at radius 2 is 1.65 bits per heavy atom. The van der Waals surface area contributed by atoms with Crippen LogP contribution < -0.4 is 25.6 Å². The van der Waals surface area contributed by atoms with Crippen molar-refractivity contribution in [2.24, 2.45) is 9.98 Å². The van der Waals surface area contributed by atoms with Crippen LogP contribution >= 0.6 is 11.3 Å². The maximum atomic E-state index is 14.0. The number of carbonyl (C=O) groups is 4. The topological polar surface area (TPSA) is 159 Å². The van der Waals surface area contributed by atoms with Gasteiger partial charge >= 0.3 is 7.69 Å². The number of guanidine groups is 1. The van der Waals surface area contributed by atoms with Crippen molar-refractivity contribution in [3.63, 3.8) is 0 Å². The molecular weight excluding hydrogens is 969 g/mol. The van der Waals surface area contributed by atoms with Crippen molar-refractivity contribution in [3.8, 4) is 16.3 Å². The molecule has 16 nitrogen and oxygen atoms in total. The van der Waals surface area contributed by atoms with E-state index in [4.69, 9.17) is 9.73 Å². The van der Waals surface area contributed by atoms with Crippen LogP contribution in [0.2, 0.25) is 0 Å². The summed E-state index contributed by atoms with van der Waals surface area (Å²) in [6.45, 7) is 4.86. The number of unbranched alkanes of at least 4 members (excludes halogenated alkanes) is 2. The Bertz CT molecular complexity index is 3050. The van der Waals surface area contributed by atoms with Gasteiger partial charge in [-0.2, -0.15) is 0 Å². The number of ether oxygens (including phenoxy) is 1. The molecule has 0 aliphatic carbocycles. The monoisotopic (exact) mass is 1030 g/mol.